The van der Waals surface area contributed by atoms with Gasteiger partial charge in [-0.3, -0.25) is 4.79 Å². The van der Waals surface area contributed by atoms with Crippen LogP contribution in [0, 0.1) is 0 Å². The number of nitrogens with zero attached hydrogens (tertiary/aromatic N) is 3. The van der Waals surface area contributed by atoms with Gasteiger partial charge in [0.1, 0.15) is 5.69 Å². The summed E-state index contributed by atoms with van der Waals surface area (Å²) in [5.74, 6) is -0.0793. The first-order chi connectivity index (χ1) is 12.1. The van der Waals surface area contributed by atoms with Gasteiger partial charge in [-0.1, -0.05) is 24.3 Å². The van der Waals surface area contributed by atoms with Crippen LogP contribution < -0.4 is 5.32 Å². The van der Waals surface area contributed by atoms with Gasteiger partial charge in [-0.15, -0.1) is 23.7 Å². The summed E-state index contributed by atoms with van der Waals surface area (Å²) in [6.45, 7) is 1.60. The SMILES string of the molecule is CN(C)CCCNC(=O)c1cn(-c2ccccc2)nc1-c1cccs1.Cl. The molecule has 7 heteroatoms. The highest BCUT2D eigenvalue weighted by molar-refractivity contribution is 7.13. The van der Waals surface area contributed by atoms with E-state index in [0.717, 1.165) is 29.2 Å². The third kappa shape index (κ3) is 4.94. The van der Waals surface area contributed by atoms with Gasteiger partial charge in [0.05, 0.1) is 16.1 Å². The lowest BCUT2D eigenvalue weighted by Crippen LogP contribution is -2.27. The maximum atomic E-state index is 12.7. The predicted molar refractivity (Wildman–Crippen MR) is 110 cm³/mol. The van der Waals surface area contributed by atoms with Gasteiger partial charge < -0.3 is 10.2 Å². The first-order valence-electron chi connectivity index (χ1n) is 8.27. The number of thiophene rings is 1. The molecule has 1 N–H and O–H groups in total. The van der Waals surface area contributed by atoms with Crippen LogP contribution in [0.2, 0.25) is 0 Å². The number of amides is 1. The monoisotopic (exact) mass is 390 g/mol. The number of hydrogen-bond donors (Lipinski definition) is 1. The molecule has 1 aromatic carbocycles. The second-order valence-electron chi connectivity index (χ2n) is 6.06. The lowest BCUT2D eigenvalue weighted by atomic mass is 10.2. The zero-order valence-electron chi connectivity index (χ0n) is 14.9. The lowest BCUT2D eigenvalue weighted by molar-refractivity contribution is 0.0953. The average molecular weight is 391 g/mol. The minimum atomic E-state index is -0.0793. The van der Waals surface area contributed by atoms with Crippen molar-refractivity contribution in [1.29, 1.82) is 0 Å². The Kier molecular flexibility index (Phi) is 7.38. The van der Waals surface area contributed by atoms with E-state index in [1.165, 1.54) is 0 Å². The first-order valence-corrected chi connectivity index (χ1v) is 9.15. The Bertz CT molecular complexity index is 815. The molecule has 0 saturated carbocycles. The topological polar surface area (TPSA) is 50.2 Å². The van der Waals surface area contributed by atoms with Gasteiger partial charge in [0.2, 0.25) is 0 Å². The van der Waals surface area contributed by atoms with Crippen molar-refractivity contribution in [3.63, 3.8) is 0 Å². The van der Waals surface area contributed by atoms with Crippen molar-refractivity contribution in [2.75, 3.05) is 27.2 Å². The van der Waals surface area contributed by atoms with Gasteiger partial charge in [-0.25, -0.2) is 4.68 Å². The number of nitrogens with one attached hydrogen (secondary N) is 1. The summed E-state index contributed by atoms with van der Waals surface area (Å²) >= 11 is 1.59. The summed E-state index contributed by atoms with van der Waals surface area (Å²) in [6.07, 6.45) is 2.73. The summed E-state index contributed by atoms with van der Waals surface area (Å²) in [7, 11) is 4.06. The van der Waals surface area contributed by atoms with E-state index in [9.17, 15) is 4.79 Å². The minimum absolute atomic E-state index is 0. The van der Waals surface area contributed by atoms with Crippen molar-refractivity contribution < 1.29 is 4.79 Å². The molecule has 0 aliphatic rings. The Morgan fingerprint density at radius 3 is 2.62 bits per heavy atom. The van der Waals surface area contributed by atoms with Gasteiger partial charge >= 0.3 is 0 Å². The molecular weight excluding hydrogens is 368 g/mol. The van der Waals surface area contributed by atoms with E-state index in [1.54, 1.807) is 16.0 Å². The number of aromatic nitrogens is 2. The van der Waals surface area contributed by atoms with E-state index in [2.05, 4.69) is 15.3 Å². The van der Waals surface area contributed by atoms with Crippen molar-refractivity contribution in [2.45, 2.75) is 6.42 Å². The number of benzene rings is 1. The van der Waals surface area contributed by atoms with Crippen LogP contribution in [0.4, 0.5) is 0 Å². The van der Waals surface area contributed by atoms with E-state index in [0.29, 0.717) is 12.1 Å². The fraction of sp³-hybridized carbons (Fsp3) is 0.263. The van der Waals surface area contributed by atoms with Crippen LogP contribution in [0.1, 0.15) is 16.8 Å². The highest BCUT2D eigenvalue weighted by Crippen LogP contribution is 2.27. The van der Waals surface area contributed by atoms with E-state index in [-0.39, 0.29) is 18.3 Å². The van der Waals surface area contributed by atoms with E-state index >= 15 is 0 Å². The zero-order chi connectivity index (χ0) is 17.6. The highest BCUT2D eigenvalue weighted by atomic mass is 35.5. The molecule has 1 amide bonds. The quantitative estimate of drug-likeness (QED) is 0.626. The number of carbonyl (C=O) groups is 1. The molecule has 0 unspecified atom stereocenters. The number of hydrogen-bond acceptors (Lipinski definition) is 4. The largest absolute Gasteiger partial charge is 0.352 e. The van der Waals surface area contributed by atoms with Gasteiger partial charge in [0.15, 0.2) is 0 Å². The summed E-state index contributed by atoms with van der Waals surface area (Å²) in [5.41, 5.74) is 2.27. The molecule has 0 radical (unpaired) electrons. The molecule has 26 heavy (non-hydrogen) atoms. The molecule has 2 aromatic heterocycles. The highest BCUT2D eigenvalue weighted by Gasteiger charge is 2.19. The Hall–Kier alpha value is -2.15. The van der Waals surface area contributed by atoms with E-state index in [4.69, 9.17) is 0 Å². The average Bonchev–Trinajstić information content (AvgIpc) is 3.28. The van der Waals surface area contributed by atoms with Gasteiger partial charge in [0.25, 0.3) is 5.91 Å². The summed E-state index contributed by atoms with van der Waals surface area (Å²) in [5, 5.41) is 9.66. The Balaban J connectivity index is 0.00000243. The van der Waals surface area contributed by atoms with Crippen LogP contribution in [0.5, 0.6) is 0 Å². The van der Waals surface area contributed by atoms with Crippen LogP contribution in [0.15, 0.2) is 54.0 Å². The van der Waals surface area contributed by atoms with Crippen molar-refractivity contribution >= 4 is 29.7 Å². The van der Waals surface area contributed by atoms with E-state index < -0.39 is 0 Å². The van der Waals surface area contributed by atoms with Gasteiger partial charge in [-0.05, 0) is 50.6 Å². The predicted octanol–water partition coefficient (Wildman–Crippen LogP) is 3.70. The number of para-hydroxylation sites is 1. The molecule has 0 saturated heterocycles. The molecular formula is C19H23ClN4OS. The molecule has 138 valence electrons. The second kappa shape index (κ2) is 9.52. The van der Waals surface area contributed by atoms with Crippen molar-refractivity contribution in [3.8, 4) is 16.3 Å². The van der Waals surface area contributed by atoms with Crippen molar-refractivity contribution in [3.05, 3.63) is 59.6 Å². The summed E-state index contributed by atoms with van der Waals surface area (Å²) in [6, 6.07) is 13.8. The third-order valence-electron chi connectivity index (χ3n) is 3.80. The van der Waals surface area contributed by atoms with Crippen LogP contribution in [-0.4, -0.2) is 47.8 Å². The Morgan fingerprint density at radius 2 is 1.96 bits per heavy atom. The van der Waals surface area contributed by atoms with Crippen LogP contribution in [0.3, 0.4) is 0 Å². The van der Waals surface area contributed by atoms with Crippen LogP contribution >= 0.6 is 23.7 Å². The van der Waals surface area contributed by atoms with Crippen molar-refractivity contribution in [2.24, 2.45) is 0 Å². The van der Waals surface area contributed by atoms with Crippen LogP contribution in [0.25, 0.3) is 16.3 Å². The third-order valence-corrected chi connectivity index (χ3v) is 4.68. The second-order valence-corrected chi connectivity index (χ2v) is 7.01. The normalized spacial score (nSPS) is 10.6. The Morgan fingerprint density at radius 1 is 1.19 bits per heavy atom. The standard InChI is InChI=1S/C19H22N4OS.ClH/c1-22(2)12-7-11-20-19(24)16-14-23(15-8-4-3-5-9-15)21-18(16)17-10-6-13-25-17;/h3-6,8-10,13-14H,7,11-12H2,1-2H3,(H,20,24);1H. The number of carbonyl (C=O) groups excluding carboxylic acids is 1. The Labute approximate surface area is 164 Å². The number of halogens is 1. The van der Waals surface area contributed by atoms with Crippen molar-refractivity contribution in [1.82, 2.24) is 20.0 Å². The van der Waals surface area contributed by atoms with Gasteiger partial charge in [0, 0.05) is 12.7 Å². The maximum absolute atomic E-state index is 12.7. The van der Waals surface area contributed by atoms with Gasteiger partial charge in [-0.2, -0.15) is 5.10 Å². The smallest absolute Gasteiger partial charge is 0.255 e. The zero-order valence-corrected chi connectivity index (χ0v) is 16.5. The first kappa shape index (κ1) is 20.2. The molecule has 0 fully saturated rings. The molecule has 3 aromatic rings. The maximum Gasteiger partial charge on any atom is 0.255 e. The molecule has 0 atom stereocenters. The fourth-order valence-corrected chi connectivity index (χ4v) is 3.26. The molecule has 5 nitrogen and oxygen atoms in total. The molecule has 3 rings (SSSR count). The molecule has 0 aliphatic carbocycles. The summed E-state index contributed by atoms with van der Waals surface area (Å²) < 4.78 is 1.77. The fourth-order valence-electron chi connectivity index (χ4n) is 2.54. The molecule has 2 heterocycles. The number of rotatable bonds is 7. The van der Waals surface area contributed by atoms with E-state index in [1.807, 2.05) is 68.1 Å². The minimum Gasteiger partial charge on any atom is -0.352 e. The summed E-state index contributed by atoms with van der Waals surface area (Å²) in [4.78, 5) is 15.8. The van der Waals surface area contributed by atoms with Crippen LogP contribution in [-0.2, 0) is 0 Å². The molecule has 0 bridgehead atoms. The molecule has 0 spiro atoms. The molecule has 0 aliphatic heterocycles. The lowest BCUT2D eigenvalue weighted by Gasteiger charge is -2.09.